The van der Waals surface area contributed by atoms with Gasteiger partial charge in [0.15, 0.2) is 0 Å². The lowest BCUT2D eigenvalue weighted by Crippen LogP contribution is -2.20. The van der Waals surface area contributed by atoms with E-state index in [0.717, 1.165) is 5.56 Å². The van der Waals surface area contributed by atoms with Gasteiger partial charge >= 0.3 is 0 Å². The maximum absolute atomic E-state index is 12.2. The molecule has 2 atom stereocenters. The van der Waals surface area contributed by atoms with Crippen molar-refractivity contribution in [3.05, 3.63) is 35.9 Å². The molecule has 0 aliphatic carbocycles. The standard InChI is InChI=1S/C12H20NO2P/c1-5-15-16(4,14)13(3)11(2)12-9-7-6-8-10-12/h6-11H,5H2,1-4H3/t11-,16?/m1/s1. The van der Waals surface area contributed by atoms with E-state index in [1.807, 2.05) is 55.9 Å². The Balaban J connectivity index is 2.82. The summed E-state index contributed by atoms with van der Waals surface area (Å²) in [7, 11) is -0.830. The van der Waals surface area contributed by atoms with Gasteiger partial charge in [0.05, 0.1) is 6.61 Å². The summed E-state index contributed by atoms with van der Waals surface area (Å²) >= 11 is 0. The van der Waals surface area contributed by atoms with E-state index in [0.29, 0.717) is 6.61 Å². The van der Waals surface area contributed by atoms with Crippen molar-refractivity contribution in [3.8, 4) is 0 Å². The number of benzene rings is 1. The Hall–Kier alpha value is -0.630. The molecule has 3 nitrogen and oxygen atoms in total. The second kappa shape index (κ2) is 5.62. The van der Waals surface area contributed by atoms with Gasteiger partial charge in [-0.1, -0.05) is 30.3 Å². The first kappa shape index (κ1) is 13.4. The van der Waals surface area contributed by atoms with E-state index in [4.69, 9.17) is 4.52 Å². The third-order valence-electron chi connectivity index (χ3n) is 2.78. The predicted octanol–water partition coefficient (Wildman–Crippen LogP) is 3.54. The molecule has 0 N–H and O–H groups in total. The van der Waals surface area contributed by atoms with E-state index in [2.05, 4.69) is 0 Å². The van der Waals surface area contributed by atoms with Crippen molar-refractivity contribution in [2.75, 3.05) is 20.3 Å². The van der Waals surface area contributed by atoms with Gasteiger partial charge in [0.25, 0.3) is 7.52 Å². The highest BCUT2D eigenvalue weighted by atomic mass is 31.2. The van der Waals surface area contributed by atoms with Crippen molar-refractivity contribution in [2.24, 2.45) is 0 Å². The van der Waals surface area contributed by atoms with Crippen LogP contribution in [0.15, 0.2) is 30.3 Å². The van der Waals surface area contributed by atoms with E-state index in [-0.39, 0.29) is 6.04 Å². The molecule has 16 heavy (non-hydrogen) atoms. The first-order valence-corrected chi connectivity index (χ1v) is 7.51. The summed E-state index contributed by atoms with van der Waals surface area (Å²) in [6.45, 7) is 6.03. The third-order valence-corrected chi connectivity index (χ3v) is 5.01. The van der Waals surface area contributed by atoms with E-state index in [1.165, 1.54) is 0 Å². The molecular weight excluding hydrogens is 221 g/mol. The molecule has 0 heterocycles. The highest BCUT2D eigenvalue weighted by Crippen LogP contribution is 2.49. The molecule has 1 aromatic carbocycles. The molecule has 0 saturated carbocycles. The SMILES string of the molecule is CCOP(C)(=O)N(C)[C@H](C)c1ccccc1. The lowest BCUT2D eigenvalue weighted by molar-refractivity contribution is 0.270. The van der Waals surface area contributed by atoms with Crippen molar-refractivity contribution >= 4 is 7.52 Å². The Bertz CT molecular complexity index is 367. The Morgan fingerprint density at radius 2 is 1.94 bits per heavy atom. The van der Waals surface area contributed by atoms with Gasteiger partial charge in [0.1, 0.15) is 0 Å². The second-order valence-corrected chi connectivity index (χ2v) is 6.38. The Morgan fingerprint density at radius 3 is 2.44 bits per heavy atom. The van der Waals surface area contributed by atoms with Crippen LogP contribution in [-0.2, 0) is 9.09 Å². The van der Waals surface area contributed by atoms with Crippen molar-refractivity contribution in [1.82, 2.24) is 4.67 Å². The maximum Gasteiger partial charge on any atom is 0.269 e. The van der Waals surface area contributed by atoms with E-state index in [9.17, 15) is 4.57 Å². The molecule has 1 rings (SSSR count). The molecule has 90 valence electrons. The molecule has 1 unspecified atom stereocenters. The van der Waals surface area contributed by atoms with Crippen LogP contribution in [0.1, 0.15) is 25.5 Å². The molecule has 0 bridgehead atoms. The second-order valence-electron chi connectivity index (χ2n) is 3.88. The number of nitrogens with zero attached hydrogens (tertiary/aromatic N) is 1. The summed E-state index contributed by atoms with van der Waals surface area (Å²) in [5, 5.41) is 0. The summed E-state index contributed by atoms with van der Waals surface area (Å²) in [5.74, 6) is 0. The zero-order valence-electron chi connectivity index (χ0n) is 10.4. The van der Waals surface area contributed by atoms with Crippen molar-refractivity contribution in [1.29, 1.82) is 0 Å². The van der Waals surface area contributed by atoms with E-state index in [1.54, 1.807) is 6.66 Å². The molecule has 0 aliphatic heterocycles. The van der Waals surface area contributed by atoms with Crippen molar-refractivity contribution < 1.29 is 9.09 Å². The van der Waals surface area contributed by atoms with Crippen molar-refractivity contribution in [2.45, 2.75) is 19.9 Å². The Morgan fingerprint density at radius 1 is 1.38 bits per heavy atom. The topological polar surface area (TPSA) is 29.5 Å². The smallest absolute Gasteiger partial charge is 0.269 e. The molecule has 0 spiro atoms. The van der Waals surface area contributed by atoms with Gasteiger partial charge in [-0.25, -0.2) is 4.67 Å². The lowest BCUT2D eigenvalue weighted by Gasteiger charge is -2.30. The fourth-order valence-corrected chi connectivity index (χ4v) is 3.02. The van der Waals surface area contributed by atoms with Crippen LogP contribution in [-0.4, -0.2) is 25.0 Å². The summed E-state index contributed by atoms with van der Waals surface area (Å²) in [4.78, 5) is 0. The van der Waals surface area contributed by atoms with Gasteiger partial charge < -0.3 is 4.52 Å². The van der Waals surface area contributed by atoms with Gasteiger partial charge in [-0.15, -0.1) is 0 Å². The number of hydrogen-bond acceptors (Lipinski definition) is 2. The fraction of sp³-hybridized carbons (Fsp3) is 0.500. The van der Waals surface area contributed by atoms with Gasteiger partial charge in [0, 0.05) is 12.7 Å². The average molecular weight is 241 g/mol. The molecule has 0 aromatic heterocycles. The van der Waals surface area contributed by atoms with Crippen LogP contribution >= 0.6 is 7.52 Å². The van der Waals surface area contributed by atoms with Crippen LogP contribution in [0.4, 0.5) is 0 Å². The minimum atomic E-state index is -2.67. The number of rotatable bonds is 5. The van der Waals surface area contributed by atoms with E-state index < -0.39 is 7.52 Å². The molecule has 0 fully saturated rings. The first-order chi connectivity index (χ1) is 7.49. The predicted molar refractivity (Wildman–Crippen MR) is 67.8 cm³/mol. The van der Waals surface area contributed by atoms with E-state index >= 15 is 0 Å². The monoisotopic (exact) mass is 241 g/mol. The number of hydrogen-bond donors (Lipinski definition) is 0. The van der Waals surface area contributed by atoms with Crippen LogP contribution in [0, 0.1) is 0 Å². The maximum atomic E-state index is 12.2. The summed E-state index contributed by atoms with van der Waals surface area (Å²) in [5.41, 5.74) is 1.15. The highest BCUT2D eigenvalue weighted by Gasteiger charge is 2.27. The van der Waals surface area contributed by atoms with Crippen molar-refractivity contribution in [3.63, 3.8) is 0 Å². The Labute approximate surface area is 97.9 Å². The summed E-state index contributed by atoms with van der Waals surface area (Å²) in [6.07, 6.45) is 0. The fourth-order valence-electron chi connectivity index (χ4n) is 1.59. The molecule has 0 radical (unpaired) electrons. The van der Waals surface area contributed by atoms with Gasteiger partial charge in [-0.2, -0.15) is 0 Å². The van der Waals surface area contributed by atoms with Gasteiger partial charge in [0.2, 0.25) is 0 Å². The third kappa shape index (κ3) is 3.18. The van der Waals surface area contributed by atoms with Gasteiger partial charge in [-0.05, 0) is 26.5 Å². The van der Waals surface area contributed by atoms with Crippen LogP contribution in [0.3, 0.4) is 0 Å². The summed E-state index contributed by atoms with van der Waals surface area (Å²) in [6, 6.07) is 10.1. The van der Waals surface area contributed by atoms with Crippen LogP contribution in [0.2, 0.25) is 0 Å². The minimum absolute atomic E-state index is 0.0867. The zero-order valence-corrected chi connectivity index (χ0v) is 11.3. The minimum Gasteiger partial charge on any atom is -0.318 e. The molecular formula is C12H20NO2P. The zero-order chi connectivity index (χ0) is 12.2. The molecule has 1 aromatic rings. The van der Waals surface area contributed by atoms with Crippen LogP contribution in [0.25, 0.3) is 0 Å². The first-order valence-electron chi connectivity index (χ1n) is 5.49. The molecule has 0 aliphatic rings. The molecule has 4 heteroatoms. The van der Waals surface area contributed by atoms with Crippen LogP contribution < -0.4 is 0 Å². The van der Waals surface area contributed by atoms with Gasteiger partial charge in [-0.3, -0.25) is 4.57 Å². The average Bonchev–Trinajstić information content (AvgIpc) is 2.28. The van der Waals surface area contributed by atoms with Crippen LogP contribution in [0.5, 0.6) is 0 Å². The normalized spacial score (nSPS) is 17.1. The lowest BCUT2D eigenvalue weighted by atomic mass is 10.1. The highest BCUT2D eigenvalue weighted by molar-refractivity contribution is 7.55. The molecule has 0 saturated heterocycles. The largest absolute Gasteiger partial charge is 0.318 e. The quantitative estimate of drug-likeness (QED) is 0.738. The molecule has 0 amide bonds. The Kier molecular flexibility index (Phi) is 4.72. The summed E-state index contributed by atoms with van der Waals surface area (Å²) < 4.78 is 19.4.